The highest BCUT2D eigenvalue weighted by atomic mass is 16.5. The fourth-order valence-electron chi connectivity index (χ4n) is 4.60. The number of hydrogen-bond acceptors (Lipinski definition) is 3. The van der Waals surface area contributed by atoms with Gasteiger partial charge in [-0.25, -0.2) is 4.79 Å². The summed E-state index contributed by atoms with van der Waals surface area (Å²) in [5, 5.41) is 6.07. The Labute approximate surface area is 177 Å². The Morgan fingerprint density at radius 2 is 1.87 bits per heavy atom. The highest BCUT2D eigenvalue weighted by molar-refractivity contribution is 5.94. The van der Waals surface area contributed by atoms with Crippen LogP contribution in [0.2, 0.25) is 0 Å². The monoisotopic (exact) mass is 407 g/mol. The molecule has 30 heavy (non-hydrogen) atoms. The molecule has 2 aromatic rings. The predicted octanol–water partition coefficient (Wildman–Crippen LogP) is 4.86. The number of methoxy groups -OCH3 is 1. The summed E-state index contributed by atoms with van der Waals surface area (Å²) in [6.45, 7) is 4.68. The van der Waals surface area contributed by atoms with Crippen LogP contribution < -0.4 is 15.4 Å². The van der Waals surface area contributed by atoms with Gasteiger partial charge in [-0.05, 0) is 80.5 Å². The minimum Gasteiger partial charge on any atom is -0.496 e. The smallest absolute Gasteiger partial charge is 0.322 e. The summed E-state index contributed by atoms with van der Waals surface area (Å²) in [4.78, 5) is 27.3. The van der Waals surface area contributed by atoms with Gasteiger partial charge in [0.2, 0.25) is 5.91 Å². The molecule has 158 valence electrons. The van der Waals surface area contributed by atoms with Gasteiger partial charge in [0.15, 0.2) is 0 Å². The fourth-order valence-corrected chi connectivity index (χ4v) is 4.60. The molecule has 1 aliphatic heterocycles. The van der Waals surface area contributed by atoms with E-state index in [1.54, 1.807) is 7.11 Å². The molecule has 1 heterocycles. The fraction of sp³-hybridized carbons (Fsp3) is 0.417. The van der Waals surface area contributed by atoms with Crippen LogP contribution in [0.25, 0.3) is 0 Å². The number of amides is 3. The van der Waals surface area contributed by atoms with E-state index >= 15 is 0 Å². The third kappa shape index (κ3) is 3.99. The molecular formula is C24H29N3O3. The molecule has 2 aliphatic rings. The second-order valence-corrected chi connectivity index (χ2v) is 8.34. The second kappa shape index (κ2) is 8.38. The Hall–Kier alpha value is -3.02. The minimum atomic E-state index is -0.0327. The molecule has 1 saturated carbocycles. The lowest BCUT2D eigenvalue weighted by Crippen LogP contribution is -2.47. The summed E-state index contributed by atoms with van der Waals surface area (Å²) < 4.78 is 5.28. The van der Waals surface area contributed by atoms with Gasteiger partial charge in [0.25, 0.3) is 0 Å². The molecule has 6 heteroatoms. The molecule has 0 aromatic heterocycles. The molecule has 1 fully saturated rings. The SMILES string of the molecule is COc1ccc(NC(=O)C2CCC(N3Cc4c(C)cccc4NC3=O)CC2)cc1C. The van der Waals surface area contributed by atoms with E-state index in [0.29, 0.717) is 6.54 Å². The maximum Gasteiger partial charge on any atom is 0.322 e. The summed E-state index contributed by atoms with van der Waals surface area (Å²) in [7, 11) is 1.64. The quantitative estimate of drug-likeness (QED) is 0.761. The number of benzene rings is 2. The molecule has 0 spiro atoms. The van der Waals surface area contributed by atoms with E-state index in [0.717, 1.165) is 48.4 Å². The van der Waals surface area contributed by atoms with Crippen LogP contribution in [0.1, 0.15) is 42.4 Å². The van der Waals surface area contributed by atoms with Crippen LogP contribution in [0.4, 0.5) is 16.2 Å². The lowest BCUT2D eigenvalue weighted by atomic mass is 9.84. The molecule has 4 rings (SSSR count). The normalized spacial score (nSPS) is 20.9. The first-order chi connectivity index (χ1) is 14.5. The number of urea groups is 1. The number of carbonyl (C=O) groups is 2. The van der Waals surface area contributed by atoms with E-state index in [4.69, 9.17) is 4.74 Å². The van der Waals surface area contributed by atoms with Gasteiger partial charge in [-0.1, -0.05) is 12.1 Å². The first-order valence-electron chi connectivity index (χ1n) is 10.6. The zero-order valence-electron chi connectivity index (χ0n) is 17.8. The van der Waals surface area contributed by atoms with Crippen molar-refractivity contribution in [2.75, 3.05) is 17.7 Å². The molecule has 2 N–H and O–H groups in total. The number of fused-ring (bicyclic) bond motifs is 1. The largest absolute Gasteiger partial charge is 0.496 e. The van der Waals surface area contributed by atoms with Crippen molar-refractivity contribution >= 4 is 23.3 Å². The Bertz CT molecular complexity index is 964. The van der Waals surface area contributed by atoms with E-state index in [1.165, 1.54) is 11.1 Å². The number of anilines is 2. The number of aryl methyl sites for hydroxylation is 2. The van der Waals surface area contributed by atoms with Gasteiger partial charge in [0, 0.05) is 23.3 Å². The van der Waals surface area contributed by atoms with Gasteiger partial charge < -0.3 is 20.3 Å². The molecule has 0 radical (unpaired) electrons. The van der Waals surface area contributed by atoms with E-state index in [9.17, 15) is 9.59 Å². The summed E-state index contributed by atoms with van der Waals surface area (Å²) in [5.41, 5.74) is 5.08. The summed E-state index contributed by atoms with van der Waals surface area (Å²) in [6, 6.07) is 11.8. The highest BCUT2D eigenvalue weighted by Crippen LogP contribution is 2.34. The topological polar surface area (TPSA) is 70.7 Å². The van der Waals surface area contributed by atoms with Crippen LogP contribution in [0.5, 0.6) is 5.75 Å². The summed E-state index contributed by atoms with van der Waals surface area (Å²) in [6.07, 6.45) is 3.26. The average Bonchev–Trinajstić information content (AvgIpc) is 2.74. The van der Waals surface area contributed by atoms with Gasteiger partial charge in [0.05, 0.1) is 13.7 Å². The zero-order valence-corrected chi connectivity index (χ0v) is 17.8. The maximum absolute atomic E-state index is 12.8. The highest BCUT2D eigenvalue weighted by Gasteiger charge is 2.34. The number of carbonyl (C=O) groups excluding carboxylic acids is 2. The van der Waals surface area contributed by atoms with Gasteiger partial charge in [0.1, 0.15) is 5.75 Å². The third-order valence-corrected chi connectivity index (χ3v) is 6.41. The molecule has 0 unspecified atom stereocenters. The van der Waals surface area contributed by atoms with Gasteiger partial charge >= 0.3 is 6.03 Å². The van der Waals surface area contributed by atoms with E-state index < -0.39 is 0 Å². The van der Waals surface area contributed by atoms with Crippen molar-refractivity contribution in [2.24, 2.45) is 5.92 Å². The molecule has 2 aromatic carbocycles. The van der Waals surface area contributed by atoms with Gasteiger partial charge in [-0.2, -0.15) is 0 Å². The van der Waals surface area contributed by atoms with Crippen molar-refractivity contribution in [3.63, 3.8) is 0 Å². The molecule has 6 nitrogen and oxygen atoms in total. The van der Waals surface area contributed by atoms with Crippen LogP contribution in [-0.4, -0.2) is 30.0 Å². The van der Waals surface area contributed by atoms with Crippen molar-refractivity contribution in [3.8, 4) is 5.75 Å². The Kier molecular flexibility index (Phi) is 5.66. The zero-order chi connectivity index (χ0) is 21.3. The molecule has 1 aliphatic carbocycles. The van der Waals surface area contributed by atoms with Crippen LogP contribution in [0.15, 0.2) is 36.4 Å². The Balaban J connectivity index is 1.36. The van der Waals surface area contributed by atoms with Crippen molar-refractivity contribution in [1.29, 1.82) is 0 Å². The number of nitrogens with one attached hydrogen (secondary N) is 2. The number of nitrogens with zero attached hydrogens (tertiary/aromatic N) is 1. The molecule has 0 bridgehead atoms. The van der Waals surface area contributed by atoms with Crippen LogP contribution >= 0.6 is 0 Å². The second-order valence-electron chi connectivity index (χ2n) is 8.34. The van der Waals surface area contributed by atoms with E-state index in [2.05, 4.69) is 23.6 Å². The van der Waals surface area contributed by atoms with Crippen molar-refractivity contribution < 1.29 is 14.3 Å². The predicted molar refractivity (Wildman–Crippen MR) is 118 cm³/mol. The maximum atomic E-state index is 12.8. The molecule has 0 saturated heterocycles. The first-order valence-corrected chi connectivity index (χ1v) is 10.6. The van der Waals surface area contributed by atoms with Crippen molar-refractivity contribution in [1.82, 2.24) is 4.90 Å². The lowest BCUT2D eigenvalue weighted by molar-refractivity contribution is -0.121. The first kappa shape index (κ1) is 20.3. The van der Waals surface area contributed by atoms with E-state index in [1.807, 2.05) is 42.2 Å². The molecule has 0 atom stereocenters. The lowest BCUT2D eigenvalue weighted by Gasteiger charge is -2.39. The average molecular weight is 408 g/mol. The summed E-state index contributed by atoms with van der Waals surface area (Å²) >= 11 is 0. The van der Waals surface area contributed by atoms with Crippen molar-refractivity contribution in [2.45, 2.75) is 52.1 Å². The minimum absolute atomic E-state index is 0.0227. The van der Waals surface area contributed by atoms with Gasteiger partial charge in [-0.15, -0.1) is 0 Å². The van der Waals surface area contributed by atoms with E-state index in [-0.39, 0.29) is 23.9 Å². The Morgan fingerprint density at radius 3 is 2.57 bits per heavy atom. The molecule has 3 amide bonds. The van der Waals surface area contributed by atoms with Gasteiger partial charge in [-0.3, -0.25) is 4.79 Å². The van der Waals surface area contributed by atoms with Crippen LogP contribution in [0.3, 0.4) is 0 Å². The molecular weight excluding hydrogens is 378 g/mol. The van der Waals surface area contributed by atoms with Crippen LogP contribution in [0, 0.1) is 19.8 Å². The number of rotatable bonds is 4. The van der Waals surface area contributed by atoms with Crippen molar-refractivity contribution in [3.05, 3.63) is 53.1 Å². The van der Waals surface area contributed by atoms with Crippen LogP contribution in [-0.2, 0) is 11.3 Å². The Morgan fingerprint density at radius 1 is 1.10 bits per heavy atom. The summed E-state index contributed by atoms with van der Waals surface area (Å²) in [5.74, 6) is 0.845. The standard InChI is InChI=1S/C24H29N3O3/c1-15-5-4-6-21-20(15)14-27(24(29)26-21)19-10-7-17(8-11-19)23(28)25-18-9-12-22(30-3)16(2)13-18/h4-6,9,12-13,17,19H,7-8,10-11,14H2,1-3H3,(H,25,28)(H,26,29). The number of ether oxygens (including phenoxy) is 1. The third-order valence-electron chi connectivity index (χ3n) is 6.41. The number of hydrogen-bond donors (Lipinski definition) is 2.